The molecule has 182 valence electrons. The second-order valence-electron chi connectivity index (χ2n) is 7.48. The fraction of sp³-hybridized carbons (Fsp3) is 0.107. The molecule has 0 saturated carbocycles. The Hall–Kier alpha value is -4.43. The SMILES string of the molecule is CCOc1cc(/C=N\NC(=O)COc2ccc(-c3ccccc3)cc2)ccc1OC(=O)c1cccs1. The van der Waals surface area contributed by atoms with Crippen LogP contribution in [0.5, 0.6) is 17.2 Å². The van der Waals surface area contributed by atoms with Crippen molar-refractivity contribution in [2.75, 3.05) is 13.2 Å². The minimum Gasteiger partial charge on any atom is -0.490 e. The second kappa shape index (κ2) is 12.3. The van der Waals surface area contributed by atoms with Gasteiger partial charge in [-0.25, -0.2) is 10.2 Å². The number of hydrazone groups is 1. The maximum absolute atomic E-state index is 12.3. The zero-order chi connectivity index (χ0) is 25.2. The standard InChI is InChI=1S/C28H24N2O5S/c1-2-33-25-17-20(10-15-24(25)35-28(32)26-9-6-16-36-26)18-29-30-27(31)19-34-23-13-11-22(12-14-23)21-7-4-3-5-8-21/h3-18H,2,19H2,1H3,(H,30,31)/b29-18-. The van der Waals surface area contributed by atoms with Gasteiger partial charge in [-0.05, 0) is 65.4 Å². The van der Waals surface area contributed by atoms with E-state index in [1.165, 1.54) is 17.6 Å². The Bertz CT molecular complexity index is 1320. The number of carbonyl (C=O) groups is 2. The molecule has 0 fully saturated rings. The van der Waals surface area contributed by atoms with Gasteiger partial charge in [-0.2, -0.15) is 5.10 Å². The topological polar surface area (TPSA) is 86.2 Å². The van der Waals surface area contributed by atoms with Crippen LogP contribution in [0.15, 0.2) is 95.4 Å². The lowest BCUT2D eigenvalue weighted by molar-refractivity contribution is -0.123. The summed E-state index contributed by atoms with van der Waals surface area (Å²) >= 11 is 1.30. The number of nitrogens with one attached hydrogen (secondary N) is 1. The van der Waals surface area contributed by atoms with Gasteiger partial charge in [0.2, 0.25) is 0 Å². The summed E-state index contributed by atoms with van der Waals surface area (Å²) in [5.74, 6) is 0.449. The van der Waals surface area contributed by atoms with Crippen LogP contribution in [0.25, 0.3) is 11.1 Å². The fourth-order valence-corrected chi connectivity index (χ4v) is 3.84. The normalized spacial score (nSPS) is 10.7. The number of thiophene rings is 1. The number of nitrogens with zero attached hydrogens (tertiary/aromatic N) is 1. The Balaban J connectivity index is 1.29. The van der Waals surface area contributed by atoms with Gasteiger partial charge >= 0.3 is 5.97 Å². The summed E-state index contributed by atoms with van der Waals surface area (Å²) in [6.45, 7) is 2.05. The number of benzene rings is 3. The van der Waals surface area contributed by atoms with Crippen molar-refractivity contribution in [1.82, 2.24) is 5.43 Å². The summed E-state index contributed by atoms with van der Waals surface area (Å²) in [5.41, 5.74) is 5.27. The molecule has 0 bridgehead atoms. The zero-order valence-electron chi connectivity index (χ0n) is 19.5. The van der Waals surface area contributed by atoms with Gasteiger partial charge < -0.3 is 14.2 Å². The van der Waals surface area contributed by atoms with Crippen molar-refractivity contribution in [1.29, 1.82) is 0 Å². The van der Waals surface area contributed by atoms with Gasteiger partial charge in [0, 0.05) is 0 Å². The number of rotatable bonds is 10. The maximum atomic E-state index is 12.3. The third kappa shape index (κ3) is 6.80. The van der Waals surface area contributed by atoms with Crippen molar-refractivity contribution in [2.24, 2.45) is 5.10 Å². The van der Waals surface area contributed by atoms with Crippen molar-refractivity contribution < 1.29 is 23.8 Å². The smallest absolute Gasteiger partial charge is 0.353 e. The highest BCUT2D eigenvalue weighted by Crippen LogP contribution is 2.29. The number of hydrogen-bond donors (Lipinski definition) is 1. The predicted molar refractivity (Wildman–Crippen MR) is 140 cm³/mol. The third-order valence-corrected chi connectivity index (χ3v) is 5.78. The van der Waals surface area contributed by atoms with E-state index >= 15 is 0 Å². The van der Waals surface area contributed by atoms with E-state index in [2.05, 4.69) is 10.5 Å². The molecule has 0 aliphatic rings. The Kier molecular flexibility index (Phi) is 8.45. The molecule has 1 heterocycles. The minimum atomic E-state index is -0.450. The van der Waals surface area contributed by atoms with Crippen LogP contribution in [-0.4, -0.2) is 31.3 Å². The van der Waals surface area contributed by atoms with Gasteiger partial charge in [0.05, 0.1) is 12.8 Å². The van der Waals surface area contributed by atoms with E-state index in [1.807, 2.05) is 61.5 Å². The van der Waals surface area contributed by atoms with Gasteiger partial charge in [0.15, 0.2) is 18.1 Å². The van der Waals surface area contributed by atoms with Crippen LogP contribution >= 0.6 is 11.3 Å². The summed E-state index contributed by atoms with van der Waals surface area (Å²) < 4.78 is 16.6. The summed E-state index contributed by atoms with van der Waals surface area (Å²) in [6, 6.07) is 26.0. The molecule has 36 heavy (non-hydrogen) atoms. The van der Waals surface area contributed by atoms with E-state index in [1.54, 1.807) is 35.7 Å². The summed E-state index contributed by atoms with van der Waals surface area (Å²) in [7, 11) is 0. The summed E-state index contributed by atoms with van der Waals surface area (Å²) in [5, 5.41) is 5.78. The molecular weight excluding hydrogens is 476 g/mol. The van der Waals surface area contributed by atoms with E-state index in [9.17, 15) is 9.59 Å². The van der Waals surface area contributed by atoms with Crippen molar-refractivity contribution >= 4 is 29.4 Å². The molecule has 0 radical (unpaired) electrons. The quantitative estimate of drug-likeness (QED) is 0.133. The van der Waals surface area contributed by atoms with Gasteiger partial charge in [0.1, 0.15) is 10.6 Å². The monoisotopic (exact) mass is 500 g/mol. The number of esters is 1. The van der Waals surface area contributed by atoms with Crippen molar-refractivity contribution in [3.63, 3.8) is 0 Å². The lowest BCUT2D eigenvalue weighted by Crippen LogP contribution is -2.24. The third-order valence-electron chi connectivity index (χ3n) is 4.93. The minimum absolute atomic E-state index is 0.177. The van der Waals surface area contributed by atoms with Crippen LogP contribution < -0.4 is 19.6 Å². The molecule has 1 N–H and O–H groups in total. The summed E-state index contributed by atoms with van der Waals surface area (Å²) in [6.07, 6.45) is 1.47. The number of carbonyl (C=O) groups excluding carboxylic acids is 2. The highest BCUT2D eigenvalue weighted by molar-refractivity contribution is 7.12. The number of amides is 1. The van der Waals surface area contributed by atoms with Gasteiger partial charge in [-0.15, -0.1) is 11.3 Å². The first-order valence-corrected chi connectivity index (χ1v) is 12.1. The Labute approximate surface area is 213 Å². The van der Waals surface area contributed by atoms with E-state index in [0.717, 1.165) is 11.1 Å². The fourth-order valence-electron chi connectivity index (χ4n) is 3.24. The maximum Gasteiger partial charge on any atom is 0.353 e. The highest BCUT2D eigenvalue weighted by Gasteiger charge is 2.14. The van der Waals surface area contributed by atoms with Crippen LogP contribution in [-0.2, 0) is 4.79 Å². The first kappa shape index (κ1) is 24.7. The molecular formula is C28H24N2O5S. The Morgan fingerprint density at radius 3 is 2.39 bits per heavy atom. The lowest BCUT2D eigenvalue weighted by Gasteiger charge is -2.11. The zero-order valence-corrected chi connectivity index (χ0v) is 20.4. The number of ether oxygens (including phenoxy) is 3. The largest absolute Gasteiger partial charge is 0.490 e. The van der Waals surface area contributed by atoms with E-state index in [-0.39, 0.29) is 6.61 Å². The van der Waals surface area contributed by atoms with Gasteiger partial charge in [-0.3, -0.25) is 4.79 Å². The molecule has 8 heteroatoms. The van der Waals surface area contributed by atoms with Crippen molar-refractivity contribution in [3.8, 4) is 28.4 Å². The Morgan fingerprint density at radius 2 is 1.67 bits per heavy atom. The van der Waals surface area contributed by atoms with Gasteiger partial charge in [0.25, 0.3) is 5.91 Å². The van der Waals surface area contributed by atoms with Crippen LogP contribution in [0.1, 0.15) is 22.2 Å². The molecule has 0 atom stereocenters. The first-order chi connectivity index (χ1) is 17.6. The van der Waals surface area contributed by atoms with Crippen LogP contribution in [0, 0.1) is 0 Å². The molecule has 4 rings (SSSR count). The van der Waals surface area contributed by atoms with Crippen LogP contribution in [0.3, 0.4) is 0 Å². The molecule has 3 aromatic carbocycles. The molecule has 0 aliphatic carbocycles. The molecule has 7 nitrogen and oxygen atoms in total. The predicted octanol–water partition coefficient (Wildman–Crippen LogP) is 5.56. The second-order valence-corrected chi connectivity index (χ2v) is 8.43. The van der Waals surface area contributed by atoms with Crippen molar-refractivity contribution in [3.05, 3.63) is 101 Å². The van der Waals surface area contributed by atoms with Crippen molar-refractivity contribution in [2.45, 2.75) is 6.92 Å². The van der Waals surface area contributed by atoms with Crippen LogP contribution in [0.4, 0.5) is 0 Å². The average molecular weight is 501 g/mol. The molecule has 0 spiro atoms. The lowest BCUT2D eigenvalue weighted by atomic mass is 10.1. The molecule has 0 aliphatic heterocycles. The van der Waals surface area contributed by atoms with Crippen LogP contribution in [0.2, 0.25) is 0 Å². The van der Waals surface area contributed by atoms with Gasteiger partial charge in [-0.1, -0.05) is 48.5 Å². The van der Waals surface area contributed by atoms with E-state index in [0.29, 0.717) is 34.3 Å². The molecule has 1 amide bonds. The van der Waals surface area contributed by atoms with E-state index in [4.69, 9.17) is 14.2 Å². The molecule has 4 aromatic rings. The Morgan fingerprint density at radius 1 is 0.889 bits per heavy atom. The average Bonchev–Trinajstić information content (AvgIpc) is 3.45. The highest BCUT2D eigenvalue weighted by atomic mass is 32.1. The summed E-state index contributed by atoms with van der Waals surface area (Å²) in [4.78, 5) is 24.9. The molecule has 0 unspecified atom stereocenters. The number of hydrogen-bond acceptors (Lipinski definition) is 7. The molecule has 0 saturated heterocycles. The van der Waals surface area contributed by atoms with E-state index < -0.39 is 11.9 Å². The molecule has 1 aromatic heterocycles. The first-order valence-electron chi connectivity index (χ1n) is 11.2.